The molecule has 0 fully saturated rings. The highest BCUT2D eigenvalue weighted by molar-refractivity contribution is 5.58. The third-order valence-electron chi connectivity index (χ3n) is 2.26. The number of rotatable bonds is 3. The van der Waals surface area contributed by atoms with Crippen molar-refractivity contribution in [2.24, 2.45) is 0 Å². The highest BCUT2D eigenvalue weighted by Gasteiger charge is 2.11. The highest BCUT2D eigenvalue weighted by atomic mass is 16.5. The van der Waals surface area contributed by atoms with E-state index >= 15 is 0 Å². The first-order chi connectivity index (χ1) is 7.81. The number of benzene rings is 1. The van der Waals surface area contributed by atoms with Gasteiger partial charge in [-0.05, 0) is 6.92 Å². The first-order valence-electron chi connectivity index (χ1n) is 5.14. The normalized spacial score (nSPS) is 13.1. The van der Waals surface area contributed by atoms with Crippen LogP contribution in [0.5, 0.6) is 0 Å². The van der Waals surface area contributed by atoms with Gasteiger partial charge in [0.25, 0.3) is 0 Å². The SMILES string of the molecule is CC=CC(O)c1cc(-c2ccccc2)no1. The summed E-state index contributed by atoms with van der Waals surface area (Å²) in [5.74, 6) is 0.456. The van der Waals surface area contributed by atoms with Gasteiger partial charge in [0.05, 0.1) is 0 Å². The second kappa shape index (κ2) is 4.77. The maximum Gasteiger partial charge on any atom is 0.169 e. The van der Waals surface area contributed by atoms with Crippen LogP contribution in [0.1, 0.15) is 18.8 Å². The van der Waals surface area contributed by atoms with Crippen molar-refractivity contribution in [2.45, 2.75) is 13.0 Å². The smallest absolute Gasteiger partial charge is 0.169 e. The lowest BCUT2D eigenvalue weighted by Gasteiger charge is -1.96. The Labute approximate surface area is 94.0 Å². The predicted molar refractivity (Wildman–Crippen MR) is 61.7 cm³/mol. The third kappa shape index (κ3) is 2.20. The van der Waals surface area contributed by atoms with E-state index in [1.165, 1.54) is 0 Å². The van der Waals surface area contributed by atoms with Crippen molar-refractivity contribution >= 4 is 0 Å². The molecule has 1 aromatic heterocycles. The molecule has 1 aromatic carbocycles. The van der Waals surface area contributed by atoms with E-state index in [2.05, 4.69) is 5.16 Å². The minimum atomic E-state index is -0.727. The number of aliphatic hydroxyl groups is 1. The first-order valence-corrected chi connectivity index (χ1v) is 5.14. The van der Waals surface area contributed by atoms with E-state index in [9.17, 15) is 5.11 Å². The molecule has 0 radical (unpaired) electrons. The van der Waals surface area contributed by atoms with Crippen LogP contribution in [0.4, 0.5) is 0 Å². The quantitative estimate of drug-likeness (QED) is 0.801. The molecule has 1 N–H and O–H groups in total. The molecule has 0 bridgehead atoms. The summed E-state index contributed by atoms with van der Waals surface area (Å²) >= 11 is 0. The second-order valence-corrected chi connectivity index (χ2v) is 3.45. The molecule has 16 heavy (non-hydrogen) atoms. The zero-order chi connectivity index (χ0) is 11.4. The minimum absolute atomic E-state index is 0.456. The number of aromatic nitrogens is 1. The molecule has 0 aliphatic carbocycles. The number of hydrogen-bond acceptors (Lipinski definition) is 3. The van der Waals surface area contributed by atoms with E-state index in [1.807, 2.05) is 37.3 Å². The maximum absolute atomic E-state index is 9.66. The lowest BCUT2D eigenvalue weighted by Crippen LogP contribution is -1.88. The van der Waals surface area contributed by atoms with Crippen molar-refractivity contribution in [3.05, 3.63) is 54.3 Å². The van der Waals surface area contributed by atoms with Gasteiger partial charge in [-0.15, -0.1) is 0 Å². The van der Waals surface area contributed by atoms with Crippen LogP contribution in [0, 0.1) is 0 Å². The molecular weight excluding hydrogens is 202 g/mol. The van der Waals surface area contributed by atoms with Crippen LogP contribution in [-0.2, 0) is 0 Å². The van der Waals surface area contributed by atoms with Crippen molar-refractivity contribution < 1.29 is 9.63 Å². The molecule has 1 unspecified atom stereocenters. The molecule has 0 spiro atoms. The number of allylic oxidation sites excluding steroid dienone is 1. The molecule has 0 saturated heterocycles. The molecule has 1 atom stereocenters. The van der Waals surface area contributed by atoms with Crippen molar-refractivity contribution in [3.8, 4) is 11.3 Å². The lowest BCUT2D eigenvalue weighted by molar-refractivity contribution is 0.183. The van der Waals surface area contributed by atoms with Crippen molar-refractivity contribution in [3.63, 3.8) is 0 Å². The van der Waals surface area contributed by atoms with E-state index in [1.54, 1.807) is 18.2 Å². The Morgan fingerprint density at radius 1 is 1.31 bits per heavy atom. The van der Waals surface area contributed by atoms with Crippen LogP contribution in [0.25, 0.3) is 11.3 Å². The molecule has 0 aliphatic heterocycles. The Morgan fingerprint density at radius 2 is 2.06 bits per heavy atom. The highest BCUT2D eigenvalue weighted by Crippen LogP contribution is 2.22. The van der Waals surface area contributed by atoms with E-state index in [4.69, 9.17) is 4.52 Å². The summed E-state index contributed by atoms with van der Waals surface area (Å²) in [6.07, 6.45) is 2.69. The fourth-order valence-corrected chi connectivity index (χ4v) is 1.45. The van der Waals surface area contributed by atoms with Crippen molar-refractivity contribution in [1.29, 1.82) is 0 Å². The fourth-order valence-electron chi connectivity index (χ4n) is 1.45. The Morgan fingerprint density at radius 3 is 2.75 bits per heavy atom. The van der Waals surface area contributed by atoms with Gasteiger partial charge in [-0.25, -0.2) is 0 Å². The number of hydrogen-bond donors (Lipinski definition) is 1. The Kier molecular flexibility index (Phi) is 3.17. The van der Waals surface area contributed by atoms with Gasteiger partial charge in [0, 0.05) is 11.6 Å². The van der Waals surface area contributed by atoms with Gasteiger partial charge >= 0.3 is 0 Å². The zero-order valence-electron chi connectivity index (χ0n) is 9.00. The average Bonchev–Trinajstić information content (AvgIpc) is 2.80. The molecule has 0 aliphatic rings. The largest absolute Gasteiger partial charge is 0.381 e. The topological polar surface area (TPSA) is 46.3 Å². The monoisotopic (exact) mass is 215 g/mol. The summed E-state index contributed by atoms with van der Waals surface area (Å²) in [6, 6.07) is 11.5. The molecule has 3 heteroatoms. The predicted octanol–water partition coefficient (Wildman–Crippen LogP) is 2.95. The lowest BCUT2D eigenvalue weighted by atomic mass is 10.1. The van der Waals surface area contributed by atoms with Crippen molar-refractivity contribution in [1.82, 2.24) is 5.16 Å². The van der Waals surface area contributed by atoms with Crippen LogP contribution in [-0.4, -0.2) is 10.3 Å². The van der Waals surface area contributed by atoms with Crippen LogP contribution in [0.2, 0.25) is 0 Å². The van der Waals surface area contributed by atoms with Gasteiger partial charge in [-0.2, -0.15) is 0 Å². The molecule has 1 heterocycles. The van der Waals surface area contributed by atoms with E-state index in [0.717, 1.165) is 11.3 Å². The van der Waals surface area contributed by atoms with Crippen LogP contribution in [0.15, 0.2) is 53.1 Å². The molecule has 0 saturated carbocycles. The fraction of sp³-hybridized carbons (Fsp3) is 0.154. The van der Waals surface area contributed by atoms with E-state index < -0.39 is 6.10 Å². The summed E-state index contributed by atoms with van der Waals surface area (Å²) in [7, 11) is 0. The standard InChI is InChI=1S/C13H13NO2/c1-2-6-12(15)13-9-11(14-16-13)10-7-4-3-5-8-10/h2-9,12,15H,1H3. The Bertz CT molecular complexity index is 474. The summed E-state index contributed by atoms with van der Waals surface area (Å²) in [4.78, 5) is 0. The first kappa shape index (κ1) is 10.6. The van der Waals surface area contributed by atoms with E-state index in [0.29, 0.717) is 5.76 Å². The molecular formula is C13H13NO2. The Balaban J connectivity index is 2.26. The molecule has 2 rings (SSSR count). The molecule has 3 nitrogen and oxygen atoms in total. The summed E-state index contributed by atoms with van der Waals surface area (Å²) in [5.41, 5.74) is 1.71. The van der Waals surface area contributed by atoms with Gasteiger partial charge in [0.2, 0.25) is 0 Å². The molecule has 82 valence electrons. The molecule has 2 aromatic rings. The molecule has 0 amide bonds. The van der Waals surface area contributed by atoms with Gasteiger partial charge in [-0.1, -0.05) is 47.6 Å². The van der Waals surface area contributed by atoms with Gasteiger partial charge in [-0.3, -0.25) is 0 Å². The van der Waals surface area contributed by atoms with Crippen LogP contribution < -0.4 is 0 Å². The second-order valence-electron chi connectivity index (χ2n) is 3.45. The van der Waals surface area contributed by atoms with Gasteiger partial charge in [0.1, 0.15) is 11.8 Å². The maximum atomic E-state index is 9.66. The van der Waals surface area contributed by atoms with Crippen molar-refractivity contribution in [2.75, 3.05) is 0 Å². The number of nitrogens with zero attached hydrogens (tertiary/aromatic N) is 1. The minimum Gasteiger partial charge on any atom is -0.381 e. The van der Waals surface area contributed by atoms with E-state index in [-0.39, 0.29) is 0 Å². The van der Waals surface area contributed by atoms with Crippen LogP contribution >= 0.6 is 0 Å². The van der Waals surface area contributed by atoms with Gasteiger partial charge in [0.15, 0.2) is 5.76 Å². The van der Waals surface area contributed by atoms with Crippen LogP contribution in [0.3, 0.4) is 0 Å². The summed E-state index contributed by atoms with van der Waals surface area (Å²) in [5, 5.41) is 13.6. The van der Waals surface area contributed by atoms with Gasteiger partial charge < -0.3 is 9.63 Å². The Hall–Kier alpha value is -1.87. The summed E-state index contributed by atoms with van der Waals surface area (Å²) in [6.45, 7) is 1.84. The average molecular weight is 215 g/mol. The third-order valence-corrected chi connectivity index (χ3v) is 2.26. The summed E-state index contributed by atoms with van der Waals surface area (Å²) < 4.78 is 5.08. The zero-order valence-corrected chi connectivity index (χ0v) is 9.00. The number of aliphatic hydroxyl groups excluding tert-OH is 1.